The summed E-state index contributed by atoms with van der Waals surface area (Å²) in [5, 5.41) is 3.72. The number of hydrogen-bond donors (Lipinski definition) is 0. The van der Waals surface area contributed by atoms with E-state index in [1.54, 1.807) is 0 Å². The van der Waals surface area contributed by atoms with Gasteiger partial charge in [-0.05, 0) is 19.1 Å². The fraction of sp³-hybridized carbons (Fsp3) is 0.231. The molecule has 1 heterocycles. The van der Waals surface area contributed by atoms with Gasteiger partial charge < -0.3 is 9.26 Å². The van der Waals surface area contributed by atoms with E-state index in [1.165, 1.54) is 20.1 Å². The highest BCUT2D eigenvalue weighted by Gasteiger charge is 2.32. The van der Waals surface area contributed by atoms with Crippen molar-refractivity contribution in [2.75, 3.05) is 7.11 Å². The predicted octanol–water partition coefficient (Wildman–Crippen LogP) is 4.22. The molecule has 1 aromatic heterocycles. The number of alkyl halides is 3. The highest BCUT2D eigenvalue weighted by atomic mass is 79.9. The van der Waals surface area contributed by atoms with E-state index in [9.17, 15) is 18.0 Å². The molecule has 8 heteroatoms. The number of carbonyl (C=O) groups is 1. The molecule has 0 aliphatic rings. The van der Waals surface area contributed by atoms with Gasteiger partial charge in [0, 0.05) is 10.0 Å². The maximum Gasteiger partial charge on any atom is 0.416 e. The quantitative estimate of drug-likeness (QED) is 0.749. The molecule has 0 radical (unpaired) electrons. The van der Waals surface area contributed by atoms with Crippen LogP contribution in [0.25, 0.3) is 11.3 Å². The summed E-state index contributed by atoms with van der Waals surface area (Å²) >= 11 is 3.06. The van der Waals surface area contributed by atoms with Crippen molar-refractivity contribution in [3.63, 3.8) is 0 Å². The minimum absolute atomic E-state index is 0.0814. The highest BCUT2D eigenvalue weighted by Crippen LogP contribution is 2.37. The summed E-state index contributed by atoms with van der Waals surface area (Å²) in [7, 11) is 1.19. The van der Waals surface area contributed by atoms with Crippen molar-refractivity contribution >= 4 is 21.9 Å². The van der Waals surface area contributed by atoms with Crippen LogP contribution in [0.4, 0.5) is 13.2 Å². The first-order valence-electron chi connectivity index (χ1n) is 5.67. The number of esters is 1. The number of nitrogens with zero attached hydrogens (tertiary/aromatic N) is 1. The van der Waals surface area contributed by atoms with Crippen LogP contribution in [0.3, 0.4) is 0 Å². The van der Waals surface area contributed by atoms with E-state index in [0.29, 0.717) is 5.56 Å². The van der Waals surface area contributed by atoms with E-state index >= 15 is 0 Å². The molecule has 0 saturated heterocycles. The van der Waals surface area contributed by atoms with E-state index in [-0.39, 0.29) is 21.5 Å². The van der Waals surface area contributed by atoms with Gasteiger partial charge in [0.1, 0.15) is 17.0 Å². The van der Waals surface area contributed by atoms with Crippen molar-refractivity contribution < 1.29 is 27.2 Å². The Bertz CT molecular complexity index is 694. The van der Waals surface area contributed by atoms with E-state index in [1.807, 2.05) is 0 Å². The summed E-state index contributed by atoms with van der Waals surface area (Å²) in [5.41, 5.74) is -0.295. The predicted molar refractivity (Wildman–Crippen MR) is 70.7 cm³/mol. The van der Waals surface area contributed by atoms with Gasteiger partial charge in [-0.25, -0.2) is 4.79 Å². The number of aromatic nitrogens is 1. The number of ether oxygens (including phenoxy) is 1. The van der Waals surface area contributed by atoms with Crippen molar-refractivity contribution in [2.24, 2.45) is 0 Å². The summed E-state index contributed by atoms with van der Waals surface area (Å²) in [6.45, 7) is 1.51. The summed E-state index contributed by atoms with van der Waals surface area (Å²) in [4.78, 5) is 11.7. The molecule has 0 fully saturated rings. The largest absolute Gasteiger partial charge is 0.465 e. The number of halogens is 4. The van der Waals surface area contributed by atoms with Gasteiger partial charge in [-0.2, -0.15) is 13.2 Å². The van der Waals surface area contributed by atoms with Gasteiger partial charge in [0.05, 0.1) is 12.7 Å². The van der Waals surface area contributed by atoms with Gasteiger partial charge in [-0.1, -0.05) is 27.2 Å². The highest BCUT2D eigenvalue weighted by molar-refractivity contribution is 9.10. The molecular weight excluding hydrogens is 355 g/mol. The van der Waals surface area contributed by atoms with Gasteiger partial charge in [-0.3, -0.25) is 0 Å². The Labute approximate surface area is 126 Å². The summed E-state index contributed by atoms with van der Waals surface area (Å²) in [5.74, 6) is -0.445. The van der Waals surface area contributed by atoms with Crippen LogP contribution in [0.5, 0.6) is 0 Å². The third-order valence-electron chi connectivity index (χ3n) is 2.80. The Morgan fingerprint density at radius 1 is 1.38 bits per heavy atom. The summed E-state index contributed by atoms with van der Waals surface area (Å²) in [6, 6.07) is 3.04. The molecule has 0 aliphatic heterocycles. The molecular formula is C13H9BrF3NO3. The van der Waals surface area contributed by atoms with Crippen LogP contribution < -0.4 is 0 Å². The van der Waals surface area contributed by atoms with E-state index in [4.69, 9.17) is 4.52 Å². The van der Waals surface area contributed by atoms with E-state index in [0.717, 1.165) is 12.1 Å². The second-order valence-electron chi connectivity index (χ2n) is 4.15. The Hall–Kier alpha value is -1.83. The van der Waals surface area contributed by atoms with Crippen LogP contribution in [-0.4, -0.2) is 18.2 Å². The zero-order valence-electron chi connectivity index (χ0n) is 10.9. The fourth-order valence-electron chi connectivity index (χ4n) is 1.78. The smallest absolute Gasteiger partial charge is 0.416 e. The molecule has 0 N–H and O–H groups in total. The average Bonchev–Trinajstić information content (AvgIpc) is 2.78. The first-order valence-corrected chi connectivity index (χ1v) is 6.46. The molecule has 21 heavy (non-hydrogen) atoms. The number of aryl methyl sites for hydroxylation is 1. The second kappa shape index (κ2) is 5.51. The summed E-state index contributed by atoms with van der Waals surface area (Å²) < 4.78 is 47.6. The van der Waals surface area contributed by atoms with Crippen LogP contribution in [0.1, 0.15) is 21.7 Å². The molecule has 0 bridgehead atoms. The van der Waals surface area contributed by atoms with Crippen molar-refractivity contribution in [1.82, 2.24) is 5.16 Å². The average molecular weight is 364 g/mol. The van der Waals surface area contributed by atoms with Crippen LogP contribution in [0.2, 0.25) is 0 Å². The minimum Gasteiger partial charge on any atom is -0.465 e. The molecule has 2 rings (SSSR count). The Morgan fingerprint density at radius 3 is 2.57 bits per heavy atom. The van der Waals surface area contributed by atoms with Crippen molar-refractivity contribution in [2.45, 2.75) is 13.1 Å². The lowest BCUT2D eigenvalue weighted by atomic mass is 10.0. The van der Waals surface area contributed by atoms with Crippen LogP contribution in [0, 0.1) is 6.92 Å². The first kappa shape index (κ1) is 15.6. The molecule has 112 valence electrons. The van der Waals surface area contributed by atoms with Gasteiger partial charge in [0.25, 0.3) is 0 Å². The van der Waals surface area contributed by atoms with Crippen molar-refractivity contribution in [1.29, 1.82) is 0 Å². The Balaban J connectivity index is 2.56. The molecule has 1 aromatic carbocycles. The third kappa shape index (κ3) is 2.94. The third-order valence-corrected chi connectivity index (χ3v) is 3.46. The van der Waals surface area contributed by atoms with E-state index in [2.05, 4.69) is 25.8 Å². The topological polar surface area (TPSA) is 52.3 Å². The number of benzene rings is 1. The standard InChI is InChI=1S/C13H9BrF3NO3/c1-6-10(12(19)20-2)11(18-21-6)8-4-3-7(5-9(8)14)13(15,16)17/h3-5H,1-2H3. The minimum atomic E-state index is -4.45. The zero-order chi connectivity index (χ0) is 15.8. The monoisotopic (exact) mass is 363 g/mol. The van der Waals surface area contributed by atoms with Gasteiger partial charge in [-0.15, -0.1) is 0 Å². The van der Waals surface area contributed by atoms with Crippen LogP contribution in [-0.2, 0) is 10.9 Å². The lowest BCUT2D eigenvalue weighted by Gasteiger charge is -2.09. The summed E-state index contributed by atoms with van der Waals surface area (Å²) in [6.07, 6.45) is -4.45. The van der Waals surface area contributed by atoms with Crippen molar-refractivity contribution in [3.05, 3.63) is 39.6 Å². The number of rotatable bonds is 2. The Kier molecular flexibility index (Phi) is 4.08. The molecule has 0 aliphatic carbocycles. The van der Waals surface area contributed by atoms with Gasteiger partial charge in [0.2, 0.25) is 0 Å². The van der Waals surface area contributed by atoms with Crippen LogP contribution >= 0.6 is 15.9 Å². The molecule has 0 amide bonds. The Morgan fingerprint density at radius 2 is 2.05 bits per heavy atom. The number of methoxy groups -OCH3 is 1. The SMILES string of the molecule is COC(=O)c1c(-c2ccc(C(F)(F)F)cc2Br)noc1C. The maximum absolute atomic E-state index is 12.6. The lowest BCUT2D eigenvalue weighted by molar-refractivity contribution is -0.137. The molecule has 0 spiro atoms. The second-order valence-corrected chi connectivity index (χ2v) is 5.00. The number of hydrogen-bond acceptors (Lipinski definition) is 4. The molecule has 0 atom stereocenters. The first-order chi connectivity index (χ1) is 9.75. The molecule has 4 nitrogen and oxygen atoms in total. The lowest BCUT2D eigenvalue weighted by Crippen LogP contribution is -2.06. The normalized spacial score (nSPS) is 11.5. The number of carbonyl (C=O) groups excluding carboxylic acids is 1. The fourth-order valence-corrected chi connectivity index (χ4v) is 2.35. The van der Waals surface area contributed by atoms with E-state index < -0.39 is 17.7 Å². The molecule has 0 saturated carbocycles. The van der Waals surface area contributed by atoms with Gasteiger partial charge in [0.15, 0.2) is 0 Å². The van der Waals surface area contributed by atoms with Crippen LogP contribution in [0.15, 0.2) is 27.2 Å². The molecule has 0 unspecified atom stereocenters. The maximum atomic E-state index is 12.6. The van der Waals surface area contributed by atoms with Crippen molar-refractivity contribution in [3.8, 4) is 11.3 Å². The molecule has 2 aromatic rings. The zero-order valence-corrected chi connectivity index (χ0v) is 12.5. The van der Waals surface area contributed by atoms with Gasteiger partial charge >= 0.3 is 12.1 Å².